The van der Waals surface area contributed by atoms with Gasteiger partial charge in [-0.05, 0) is 32.3 Å². The number of rotatable bonds is 5. The van der Waals surface area contributed by atoms with E-state index >= 15 is 0 Å². The van der Waals surface area contributed by atoms with Crippen LogP contribution in [0.2, 0.25) is 5.15 Å². The molecule has 0 aliphatic rings. The van der Waals surface area contributed by atoms with Crippen molar-refractivity contribution in [3.05, 3.63) is 17.0 Å². The molecule has 0 aliphatic carbocycles. The van der Waals surface area contributed by atoms with E-state index in [1.807, 2.05) is 18.7 Å². The number of hydrogen-bond acceptors (Lipinski definition) is 4. The lowest BCUT2D eigenvalue weighted by Gasteiger charge is -2.13. The summed E-state index contributed by atoms with van der Waals surface area (Å²) < 4.78 is 0. The predicted molar refractivity (Wildman–Crippen MR) is 67.9 cm³/mol. The molecule has 0 saturated carbocycles. The number of nitrogens with one attached hydrogen (secondary N) is 1. The highest BCUT2D eigenvalue weighted by Crippen LogP contribution is 2.13. The van der Waals surface area contributed by atoms with E-state index in [0.29, 0.717) is 17.0 Å². The number of aromatic nitrogens is 2. The monoisotopic (exact) mass is 245 g/mol. The first-order chi connectivity index (χ1) is 7.11. The smallest absolute Gasteiger partial charge is 0.134 e. The van der Waals surface area contributed by atoms with Crippen LogP contribution < -0.4 is 5.32 Å². The van der Waals surface area contributed by atoms with Gasteiger partial charge in [0.25, 0.3) is 0 Å². The maximum Gasteiger partial charge on any atom is 0.134 e. The SMILES string of the molecule is CSCCC(C)Nc1cc(Cl)nc(C)n1. The summed E-state index contributed by atoms with van der Waals surface area (Å²) in [6.07, 6.45) is 3.22. The minimum Gasteiger partial charge on any atom is -0.367 e. The summed E-state index contributed by atoms with van der Waals surface area (Å²) in [5, 5.41) is 3.80. The van der Waals surface area contributed by atoms with Gasteiger partial charge in [-0.3, -0.25) is 0 Å². The molecule has 5 heteroatoms. The average molecular weight is 246 g/mol. The Kier molecular flexibility index (Phi) is 5.19. The summed E-state index contributed by atoms with van der Waals surface area (Å²) in [6, 6.07) is 2.16. The van der Waals surface area contributed by atoms with E-state index in [0.717, 1.165) is 18.0 Å². The van der Waals surface area contributed by atoms with Gasteiger partial charge in [0.2, 0.25) is 0 Å². The Morgan fingerprint density at radius 3 is 2.87 bits per heavy atom. The van der Waals surface area contributed by atoms with Gasteiger partial charge in [0.1, 0.15) is 16.8 Å². The van der Waals surface area contributed by atoms with Crippen molar-refractivity contribution in [1.29, 1.82) is 0 Å². The van der Waals surface area contributed by atoms with E-state index in [1.165, 1.54) is 0 Å². The highest BCUT2D eigenvalue weighted by Gasteiger charge is 2.04. The van der Waals surface area contributed by atoms with Crippen LogP contribution in [0.15, 0.2) is 6.07 Å². The lowest BCUT2D eigenvalue weighted by atomic mass is 10.2. The van der Waals surface area contributed by atoms with Crippen LogP contribution in [0.25, 0.3) is 0 Å². The zero-order chi connectivity index (χ0) is 11.3. The number of hydrogen-bond donors (Lipinski definition) is 1. The summed E-state index contributed by atoms with van der Waals surface area (Å²) in [6.45, 7) is 3.98. The van der Waals surface area contributed by atoms with E-state index in [-0.39, 0.29) is 0 Å². The van der Waals surface area contributed by atoms with Crippen LogP contribution >= 0.6 is 23.4 Å². The molecule has 1 rings (SSSR count). The Bertz CT molecular complexity index is 299. The zero-order valence-corrected chi connectivity index (χ0v) is 10.8. The highest BCUT2D eigenvalue weighted by molar-refractivity contribution is 7.98. The van der Waals surface area contributed by atoms with Crippen LogP contribution in [-0.2, 0) is 0 Å². The molecule has 84 valence electrons. The number of halogens is 1. The Balaban J connectivity index is 2.56. The fourth-order valence-corrected chi connectivity index (χ4v) is 2.04. The molecule has 1 unspecified atom stereocenters. The van der Waals surface area contributed by atoms with Gasteiger partial charge in [0, 0.05) is 12.1 Å². The quantitative estimate of drug-likeness (QED) is 0.810. The predicted octanol–water partition coefficient (Wildman–Crippen LogP) is 2.99. The molecule has 1 heterocycles. The van der Waals surface area contributed by atoms with Crippen molar-refractivity contribution < 1.29 is 0 Å². The second-order valence-electron chi connectivity index (χ2n) is 3.45. The molecule has 0 bridgehead atoms. The van der Waals surface area contributed by atoms with Gasteiger partial charge in [-0.15, -0.1) is 0 Å². The molecule has 15 heavy (non-hydrogen) atoms. The Morgan fingerprint density at radius 2 is 2.27 bits per heavy atom. The lowest BCUT2D eigenvalue weighted by Crippen LogP contribution is -2.17. The van der Waals surface area contributed by atoms with E-state index in [9.17, 15) is 0 Å². The number of thioether (sulfide) groups is 1. The Morgan fingerprint density at radius 1 is 1.53 bits per heavy atom. The first-order valence-corrected chi connectivity index (χ1v) is 6.65. The summed E-state index contributed by atoms with van der Waals surface area (Å²) in [5.74, 6) is 2.65. The third-order valence-electron chi connectivity index (χ3n) is 1.96. The normalized spacial score (nSPS) is 12.5. The summed E-state index contributed by atoms with van der Waals surface area (Å²) in [7, 11) is 0. The molecular formula is C10H16ClN3S. The Labute approximate surface area is 100 Å². The van der Waals surface area contributed by atoms with Crippen LogP contribution in [0.1, 0.15) is 19.2 Å². The standard InChI is InChI=1S/C10H16ClN3S/c1-7(4-5-15-3)12-10-6-9(11)13-8(2)14-10/h6-7H,4-5H2,1-3H3,(H,12,13,14). The van der Waals surface area contributed by atoms with Gasteiger partial charge in [0.05, 0.1) is 0 Å². The van der Waals surface area contributed by atoms with E-state index < -0.39 is 0 Å². The van der Waals surface area contributed by atoms with Crippen LogP contribution in [-0.4, -0.2) is 28.0 Å². The molecule has 1 aromatic heterocycles. The van der Waals surface area contributed by atoms with Gasteiger partial charge in [-0.25, -0.2) is 9.97 Å². The van der Waals surface area contributed by atoms with Crippen molar-refractivity contribution in [2.45, 2.75) is 26.3 Å². The second-order valence-corrected chi connectivity index (χ2v) is 4.82. The molecule has 0 amide bonds. The molecule has 3 nitrogen and oxygen atoms in total. The topological polar surface area (TPSA) is 37.8 Å². The minimum absolute atomic E-state index is 0.405. The summed E-state index contributed by atoms with van der Waals surface area (Å²) >= 11 is 7.69. The molecule has 1 N–H and O–H groups in total. The van der Waals surface area contributed by atoms with Crippen molar-refractivity contribution >= 4 is 29.2 Å². The van der Waals surface area contributed by atoms with E-state index in [1.54, 1.807) is 6.07 Å². The fourth-order valence-electron chi connectivity index (χ4n) is 1.22. The average Bonchev–Trinajstić information content (AvgIpc) is 2.13. The van der Waals surface area contributed by atoms with Crippen molar-refractivity contribution in [3.63, 3.8) is 0 Å². The lowest BCUT2D eigenvalue weighted by molar-refractivity contribution is 0.764. The summed E-state index contributed by atoms with van der Waals surface area (Å²) in [4.78, 5) is 8.28. The molecule has 0 spiro atoms. The van der Waals surface area contributed by atoms with Crippen LogP contribution in [0, 0.1) is 6.92 Å². The number of aryl methyl sites for hydroxylation is 1. The van der Waals surface area contributed by atoms with Crippen molar-refractivity contribution in [2.24, 2.45) is 0 Å². The third-order valence-corrected chi connectivity index (χ3v) is 2.79. The maximum absolute atomic E-state index is 5.84. The molecule has 0 aliphatic heterocycles. The molecule has 1 atom stereocenters. The van der Waals surface area contributed by atoms with Crippen molar-refractivity contribution in [1.82, 2.24) is 9.97 Å². The molecular weight excluding hydrogens is 230 g/mol. The number of anilines is 1. The van der Waals surface area contributed by atoms with Crippen LogP contribution in [0.4, 0.5) is 5.82 Å². The van der Waals surface area contributed by atoms with Gasteiger partial charge in [-0.2, -0.15) is 11.8 Å². The minimum atomic E-state index is 0.405. The molecule has 1 aromatic rings. The molecule has 0 aromatic carbocycles. The largest absolute Gasteiger partial charge is 0.367 e. The van der Waals surface area contributed by atoms with Crippen LogP contribution in [0.3, 0.4) is 0 Å². The molecule has 0 fully saturated rings. The maximum atomic E-state index is 5.84. The van der Waals surface area contributed by atoms with Crippen LogP contribution in [0.5, 0.6) is 0 Å². The Hall–Kier alpha value is -0.480. The van der Waals surface area contributed by atoms with E-state index in [2.05, 4.69) is 28.5 Å². The first kappa shape index (κ1) is 12.6. The van der Waals surface area contributed by atoms with Gasteiger partial charge < -0.3 is 5.32 Å². The molecule has 0 radical (unpaired) electrons. The van der Waals surface area contributed by atoms with Gasteiger partial charge in [0.15, 0.2) is 0 Å². The number of nitrogens with zero attached hydrogens (tertiary/aromatic N) is 2. The van der Waals surface area contributed by atoms with Gasteiger partial charge >= 0.3 is 0 Å². The van der Waals surface area contributed by atoms with E-state index in [4.69, 9.17) is 11.6 Å². The highest BCUT2D eigenvalue weighted by atomic mass is 35.5. The second kappa shape index (κ2) is 6.18. The zero-order valence-electron chi connectivity index (χ0n) is 9.25. The summed E-state index contributed by atoms with van der Waals surface area (Å²) in [5.41, 5.74) is 0. The molecule has 0 saturated heterocycles. The van der Waals surface area contributed by atoms with Crippen molar-refractivity contribution in [3.8, 4) is 0 Å². The first-order valence-electron chi connectivity index (χ1n) is 4.88. The third kappa shape index (κ3) is 4.71. The fraction of sp³-hybridized carbons (Fsp3) is 0.600. The van der Waals surface area contributed by atoms with Gasteiger partial charge in [-0.1, -0.05) is 11.6 Å². The van der Waals surface area contributed by atoms with Crippen molar-refractivity contribution in [2.75, 3.05) is 17.3 Å².